The van der Waals surface area contributed by atoms with Gasteiger partial charge in [-0.15, -0.1) is 0 Å². The van der Waals surface area contributed by atoms with E-state index in [4.69, 9.17) is 8.83 Å². The van der Waals surface area contributed by atoms with Gasteiger partial charge in [-0.1, -0.05) is 200 Å². The van der Waals surface area contributed by atoms with Crippen molar-refractivity contribution in [3.63, 3.8) is 0 Å². The Morgan fingerprint density at radius 3 is 1.29 bits per heavy atom. The molecule has 306 valence electrons. The quantitative estimate of drug-likeness (QED) is 0.161. The molecule has 0 radical (unpaired) electrons. The number of benzene rings is 12. The molecule has 2 aromatic heterocycles. The summed E-state index contributed by atoms with van der Waals surface area (Å²) in [5.74, 6) is 0. The van der Waals surface area contributed by atoms with Crippen molar-refractivity contribution >= 4 is 87.0 Å². The Labute approximate surface area is 380 Å². The molecule has 0 amide bonds. The standard InChI is InChI=1S/C64H38O2/c1-3-17-39(18-4-1)42-26-13-28-48-54(42)38-55-43(40-19-5-2-6-20-40)27-14-29-49(55)62(48)53-32-15-30-50-56-37-41(35-36-58(56)66-64(50)53)60-44-21-7-9-23-46(44)61(47-24-10-8-22-45(47)60)52-31-16-34-59-63(52)51-25-11-12-33-57(51)65-59/h1-38H. The Hall–Kier alpha value is -8.72. The van der Waals surface area contributed by atoms with Gasteiger partial charge in [0.05, 0.1) is 0 Å². The van der Waals surface area contributed by atoms with Gasteiger partial charge >= 0.3 is 0 Å². The van der Waals surface area contributed by atoms with Gasteiger partial charge in [0.25, 0.3) is 0 Å². The van der Waals surface area contributed by atoms with Crippen LogP contribution in [0.4, 0.5) is 0 Å². The molecule has 0 aliphatic carbocycles. The second kappa shape index (κ2) is 14.4. The lowest BCUT2D eigenvalue weighted by molar-refractivity contribution is 0.669. The van der Waals surface area contributed by atoms with Crippen LogP contribution in [0.3, 0.4) is 0 Å². The fourth-order valence-electron chi connectivity index (χ4n) is 11.1. The van der Waals surface area contributed by atoms with Crippen molar-refractivity contribution in [1.82, 2.24) is 0 Å². The van der Waals surface area contributed by atoms with Crippen LogP contribution in [-0.4, -0.2) is 0 Å². The Morgan fingerprint density at radius 1 is 0.212 bits per heavy atom. The normalized spacial score (nSPS) is 11.9. The van der Waals surface area contributed by atoms with Crippen LogP contribution >= 0.6 is 0 Å². The van der Waals surface area contributed by atoms with Gasteiger partial charge in [-0.25, -0.2) is 0 Å². The van der Waals surface area contributed by atoms with Crippen LogP contribution in [0.15, 0.2) is 239 Å². The number of rotatable bonds is 5. The van der Waals surface area contributed by atoms with Crippen molar-refractivity contribution < 1.29 is 8.83 Å². The first kappa shape index (κ1) is 36.7. The van der Waals surface area contributed by atoms with E-state index in [0.29, 0.717) is 0 Å². The second-order valence-electron chi connectivity index (χ2n) is 17.4. The summed E-state index contributed by atoms with van der Waals surface area (Å²) < 4.78 is 13.5. The first-order chi connectivity index (χ1) is 32.8. The average molecular weight is 839 g/mol. The second-order valence-corrected chi connectivity index (χ2v) is 17.4. The summed E-state index contributed by atoms with van der Waals surface area (Å²) in [5.41, 5.74) is 15.4. The monoisotopic (exact) mass is 838 g/mol. The van der Waals surface area contributed by atoms with E-state index in [1.807, 2.05) is 6.07 Å². The summed E-state index contributed by atoms with van der Waals surface area (Å²) in [6.45, 7) is 0. The van der Waals surface area contributed by atoms with Gasteiger partial charge in [0.15, 0.2) is 0 Å². The van der Waals surface area contributed by atoms with Crippen molar-refractivity contribution in [2.24, 2.45) is 0 Å². The summed E-state index contributed by atoms with van der Waals surface area (Å²) in [6.07, 6.45) is 0. The predicted octanol–water partition coefficient (Wildman–Crippen LogP) is 18.4. The predicted molar refractivity (Wildman–Crippen MR) is 278 cm³/mol. The number of para-hydroxylation sites is 2. The van der Waals surface area contributed by atoms with Crippen LogP contribution in [0.5, 0.6) is 0 Å². The van der Waals surface area contributed by atoms with E-state index in [0.717, 1.165) is 55.0 Å². The van der Waals surface area contributed by atoms with Crippen LogP contribution in [-0.2, 0) is 0 Å². The molecule has 14 aromatic rings. The summed E-state index contributed by atoms with van der Waals surface area (Å²) >= 11 is 0. The Bertz CT molecular complexity index is 4110. The fourth-order valence-corrected chi connectivity index (χ4v) is 11.1. The maximum atomic E-state index is 7.07. The zero-order chi connectivity index (χ0) is 43.3. The molecule has 0 aliphatic heterocycles. The number of hydrogen-bond donors (Lipinski definition) is 0. The smallest absolute Gasteiger partial charge is 0.143 e. The van der Waals surface area contributed by atoms with E-state index in [1.165, 1.54) is 87.6 Å². The number of furan rings is 2. The van der Waals surface area contributed by atoms with Crippen LogP contribution < -0.4 is 0 Å². The minimum absolute atomic E-state index is 0.865. The third-order valence-corrected chi connectivity index (χ3v) is 13.9. The highest BCUT2D eigenvalue weighted by molar-refractivity contribution is 6.27. The van der Waals surface area contributed by atoms with Crippen LogP contribution in [0.1, 0.15) is 0 Å². The molecule has 0 bridgehead atoms. The largest absolute Gasteiger partial charge is 0.456 e. The third-order valence-electron chi connectivity index (χ3n) is 13.9. The van der Waals surface area contributed by atoms with E-state index in [-0.39, 0.29) is 0 Å². The summed E-state index contributed by atoms with van der Waals surface area (Å²) in [4.78, 5) is 0. The SMILES string of the molecule is c1ccc(-c2cccc3c(-c4cccc5c4oc4ccc(-c6c7ccccc7c(-c7cccc8oc9ccccc9c78)c7ccccc67)cc45)c4cccc(-c5ccccc5)c4cc23)cc1. The van der Waals surface area contributed by atoms with Crippen molar-refractivity contribution in [1.29, 1.82) is 0 Å². The van der Waals surface area contributed by atoms with E-state index in [2.05, 4.69) is 224 Å². The summed E-state index contributed by atoms with van der Waals surface area (Å²) in [7, 11) is 0. The molecule has 2 heteroatoms. The maximum absolute atomic E-state index is 7.07. The summed E-state index contributed by atoms with van der Waals surface area (Å²) in [6, 6.07) is 83.4. The first-order valence-electron chi connectivity index (χ1n) is 22.7. The molecule has 0 atom stereocenters. The first-order valence-corrected chi connectivity index (χ1v) is 22.7. The minimum atomic E-state index is 0.865. The van der Waals surface area contributed by atoms with Crippen LogP contribution in [0, 0.1) is 0 Å². The number of fused-ring (bicyclic) bond motifs is 10. The van der Waals surface area contributed by atoms with E-state index < -0.39 is 0 Å². The topological polar surface area (TPSA) is 26.3 Å². The Balaban J connectivity index is 1.02. The molecule has 0 aliphatic rings. The molecule has 2 nitrogen and oxygen atoms in total. The molecule has 66 heavy (non-hydrogen) atoms. The fraction of sp³-hybridized carbons (Fsp3) is 0. The Morgan fingerprint density at radius 2 is 0.652 bits per heavy atom. The molecule has 0 spiro atoms. The van der Waals surface area contributed by atoms with E-state index in [1.54, 1.807) is 0 Å². The highest BCUT2D eigenvalue weighted by atomic mass is 16.3. The maximum Gasteiger partial charge on any atom is 0.143 e. The molecular formula is C64H38O2. The molecule has 0 fully saturated rings. The lowest BCUT2D eigenvalue weighted by Crippen LogP contribution is -1.91. The lowest BCUT2D eigenvalue weighted by Gasteiger charge is -2.18. The number of hydrogen-bond acceptors (Lipinski definition) is 2. The molecule has 0 N–H and O–H groups in total. The van der Waals surface area contributed by atoms with Gasteiger partial charge in [-0.05, 0) is 118 Å². The van der Waals surface area contributed by atoms with E-state index >= 15 is 0 Å². The van der Waals surface area contributed by atoms with Gasteiger partial charge in [-0.3, -0.25) is 0 Å². The van der Waals surface area contributed by atoms with Crippen molar-refractivity contribution in [3.8, 4) is 55.6 Å². The summed E-state index contributed by atoms with van der Waals surface area (Å²) in [5, 5.41) is 14.1. The van der Waals surface area contributed by atoms with Gasteiger partial charge in [0, 0.05) is 32.7 Å². The third kappa shape index (κ3) is 5.42. The van der Waals surface area contributed by atoms with Gasteiger partial charge in [0.2, 0.25) is 0 Å². The molecule has 0 saturated heterocycles. The highest BCUT2D eigenvalue weighted by Crippen LogP contribution is 2.49. The van der Waals surface area contributed by atoms with Crippen LogP contribution in [0.25, 0.3) is 143 Å². The minimum Gasteiger partial charge on any atom is -0.456 e. The molecule has 0 unspecified atom stereocenters. The zero-order valence-corrected chi connectivity index (χ0v) is 35.8. The van der Waals surface area contributed by atoms with Crippen molar-refractivity contribution in [2.45, 2.75) is 0 Å². The zero-order valence-electron chi connectivity index (χ0n) is 35.8. The van der Waals surface area contributed by atoms with Crippen LogP contribution in [0.2, 0.25) is 0 Å². The van der Waals surface area contributed by atoms with Crippen molar-refractivity contribution in [2.75, 3.05) is 0 Å². The molecule has 14 rings (SSSR count). The average Bonchev–Trinajstić information content (AvgIpc) is 3.96. The molecule has 0 saturated carbocycles. The molecule has 2 heterocycles. The Kier molecular flexibility index (Phi) is 8.02. The lowest BCUT2D eigenvalue weighted by atomic mass is 9.84. The van der Waals surface area contributed by atoms with Gasteiger partial charge in [0.1, 0.15) is 22.3 Å². The van der Waals surface area contributed by atoms with Gasteiger partial charge in [-0.2, -0.15) is 0 Å². The van der Waals surface area contributed by atoms with Gasteiger partial charge < -0.3 is 8.83 Å². The molecule has 12 aromatic carbocycles. The molecular weight excluding hydrogens is 801 g/mol. The van der Waals surface area contributed by atoms with E-state index in [9.17, 15) is 0 Å². The van der Waals surface area contributed by atoms with Crippen molar-refractivity contribution in [3.05, 3.63) is 231 Å². The highest BCUT2D eigenvalue weighted by Gasteiger charge is 2.23.